The third kappa shape index (κ3) is 5.45. The summed E-state index contributed by atoms with van der Waals surface area (Å²) in [6.45, 7) is 5.68. The van der Waals surface area contributed by atoms with Crippen molar-refractivity contribution in [1.82, 2.24) is 10.6 Å². The molecule has 1 aromatic rings. The number of hydrogen-bond acceptors (Lipinski definition) is 2. The van der Waals surface area contributed by atoms with Gasteiger partial charge in [-0.25, -0.2) is 4.79 Å². The molecule has 2 rings (SSSR count). The lowest BCUT2D eigenvalue weighted by molar-refractivity contribution is 0.227. The number of nitrogens with one attached hydrogen (secondary N) is 2. The van der Waals surface area contributed by atoms with Crippen molar-refractivity contribution in [3.8, 4) is 5.75 Å². The Labute approximate surface area is 140 Å². The molecule has 1 aromatic carbocycles. The molecule has 1 saturated carbocycles. The Balaban J connectivity index is 1.69. The molecule has 2 amide bonds. The molecule has 2 atom stereocenters. The smallest absolute Gasteiger partial charge is 0.315 e. The van der Waals surface area contributed by atoms with Gasteiger partial charge in [-0.1, -0.05) is 38.7 Å². The monoisotopic (exact) mass is 318 g/mol. The average Bonchev–Trinajstić information content (AvgIpc) is 2.55. The van der Waals surface area contributed by atoms with Crippen LogP contribution in [-0.2, 0) is 6.54 Å². The molecular weight excluding hydrogens is 288 g/mol. The van der Waals surface area contributed by atoms with Crippen LogP contribution in [0.5, 0.6) is 5.75 Å². The van der Waals surface area contributed by atoms with Gasteiger partial charge < -0.3 is 15.4 Å². The third-order valence-corrected chi connectivity index (χ3v) is 5.08. The molecule has 23 heavy (non-hydrogen) atoms. The van der Waals surface area contributed by atoms with Crippen molar-refractivity contribution >= 4 is 6.03 Å². The van der Waals surface area contributed by atoms with Crippen LogP contribution in [0.3, 0.4) is 0 Å². The van der Waals surface area contributed by atoms with E-state index in [1.807, 2.05) is 25.1 Å². The normalized spacial score (nSPS) is 20.8. The van der Waals surface area contributed by atoms with Crippen LogP contribution in [-0.4, -0.2) is 19.7 Å². The molecule has 2 unspecified atom stereocenters. The van der Waals surface area contributed by atoms with Gasteiger partial charge in [-0.2, -0.15) is 0 Å². The van der Waals surface area contributed by atoms with Crippen molar-refractivity contribution in [3.05, 3.63) is 29.3 Å². The minimum atomic E-state index is -0.0799. The Kier molecular flexibility index (Phi) is 6.75. The highest BCUT2D eigenvalue weighted by Crippen LogP contribution is 2.31. The van der Waals surface area contributed by atoms with Crippen molar-refractivity contribution in [1.29, 1.82) is 0 Å². The first-order valence-corrected chi connectivity index (χ1v) is 8.75. The number of carbonyl (C=O) groups excluding carboxylic acids is 1. The lowest BCUT2D eigenvalue weighted by Gasteiger charge is -2.28. The van der Waals surface area contributed by atoms with Gasteiger partial charge >= 0.3 is 6.03 Å². The van der Waals surface area contributed by atoms with Crippen LogP contribution < -0.4 is 15.4 Å². The number of amides is 2. The molecule has 1 aliphatic carbocycles. The third-order valence-electron chi connectivity index (χ3n) is 5.08. The van der Waals surface area contributed by atoms with Crippen molar-refractivity contribution in [3.63, 3.8) is 0 Å². The number of urea groups is 1. The van der Waals surface area contributed by atoms with E-state index < -0.39 is 0 Å². The first-order valence-electron chi connectivity index (χ1n) is 8.75. The Morgan fingerprint density at radius 2 is 2.04 bits per heavy atom. The summed E-state index contributed by atoms with van der Waals surface area (Å²) in [5.41, 5.74) is 2.24. The summed E-state index contributed by atoms with van der Waals surface area (Å²) in [6, 6.07) is 5.83. The zero-order chi connectivity index (χ0) is 16.7. The van der Waals surface area contributed by atoms with Gasteiger partial charge in [0.15, 0.2) is 0 Å². The Morgan fingerprint density at radius 1 is 1.26 bits per heavy atom. The number of hydrogen-bond donors (Lipinski definition) is 2. The van der Waals surface area contributed by atoms with Gasteiger partial charge in [0, 0.05) is 13.1 Å². The molecule has 128 valence electrons. The summed E-state index contributed by atoms with van der Waals surface area (Å²) in [4.78, 5) is 11.9. The number of methoxy groups -OCH3 is 1. The molecule has 0 saturated heterocycles. The zero-order valence-electron chi connectivity index (χ0n) is 14.7. The second-order valence-corrected chi connectivity index (χ2v) is 6.71. The molecule has 1 fully saturated rings. The SMILES string of the molecule is COc1ccc(CNC(=O)NCCC2CCCCC2C)c(C)c1. The van der Waals surface area contributed by atoms with E-state index in [1.54, 1.807) is 7.11 Å². The maximum Gasteiger partial charge on any atom is 0.315 e. The molecule has 4 nitrogen and oxygen atoms in total. The van der Waals surface area contributed by atoms with Crippen LogP contribution in [0.2, 0.25) is 0 Å². The average molecular weight is 318 g/mol. The number of aryl methyl sites for hydroxylation is 1. The Hall–Kier alpha value is -1.71. The van der Waals surface area contributed by atoms with E-state index in [0.717, 1.165) is 41.7 Å². The lowest BCUT2D eigenvalue weighted by Crippen LogP contribution is -2.36. The number of carbonyl (C=O) groups is 1. The molecule has 1 aliphatic rings. The van der Waals surface area contributed by atoms with E-state index in [9.17, 15) is 4.79 Å². The first-order chi connectivity index (χ1) is 11.1. The molecule has 0 bridgehead atoms. The Bertz CT molecular complexity index is 516. The predicted octanol–water partition coefficient (Wildman–Crippen LogP) is 4.02. The van der Waals surface area contributed by atoms with Crippen LogP contribution in [0.25, 0.3) is 0 Å². The van der Waals surface area contributed by atoms with E-state index in [2.05, 4.69) is 17.6 Å². The van der Waals surface area contributed by atoms with Gasteiger partial charge in [0.25, 0.3) is 0 Å². The fourth-order valence-corrected chi connectivity index (χ4v) is 3.42. The predicted molar refractivity (Wildman–Crippen MR) is 93.7 cm³/mol. The molecule has 0 heterocycles. The number of benzene rings is 1. The largest absolute Gasteiger partial charge is 0.497 e. The number of ether oxygens (including phenoxy) is 1. The van der Waals surface area contributed by atoms with E-state index in [4.69, 9.17) is 4.74 Å². The van der Waals surface area contributed by atoms with E-state index in [-0.39, 0.29) is 6.03 Å². The van der Waals surface area contributed by atoms with Gasteiger partial charge in [0.05, 0.1) is 7.11 Å². The lowest BCUT2D eigenvalue weighted by atomic mass is 9.79. The van der Waals surface area contributed by atoms with Crippen LogP contribution in [0, 0.1) is 18.8 Å². The van der Waals surface area contributed by atoms with Crippen LogP contribution in [0.15, 0.2) is 18.2 Å². The van der Waals surface area contributed by atoms with Gasteiger partial charge in [0.2, 0.25) is 0 Å². The van der Waals surface area contributed by atoms with E-state index in [1.165, 1.54) is 25.7 Å². The van der Waals surface area contributed by atoms with Crippen molar-refractivity contribution in [2.45, 2.75) is 52.5 Å². The highest BCUT2D eigenvalue weighted by Gasteiger charge is 2.20. The minimum Gasteiger partial charge on any atom is -0.497 e. The Morgan fingerprint density at radius 3 is 2.74 bits per heavy atom. The molecular formula is C19H30N2O2. The van der Waals surface area contributed by atoms with Crippen molar-refractivity contribution in [2.75, 3.05) is 13.7 Å². The minimum absolute atomic E-state index is 0.0799. The summed E-state index contributed by atoms with van der Waals surface area (Å²) in [7, 11) is 1.66. The van der Waals surface area contributed by atoms with Gasteiger partial charge in [-0.05, 0) is 48.4 Å². The molecule has 0 aliphatic heterocycles. The van der Waals surface area contributed by atoms with Crippen molar-refractivity contribution in [2.24, 2.45) is 11.8 Å². The number of rotatable bonds is 6. The highest BCUT2D eigenvalue weighted by molar-refractivity contribution is 5.73. The summed E-state index contributed by atoms with van der Waals surface area (Å²) in [5.74, 6) is 2.42. The summed E-state index contributed by atoms with van der Waals surface area (Å²) in [6.07, 6.45) is 6.46. The maximum absolute atomic E-state index is 11.9. The second kappa shape index (κ2) is 8.80. The topological polar surface area (TPSA) is 50.4 Å². The molecule has 0 aromatic heterocycles. The van der Waals surface area contributed by atoms with Gasteiger partial charge in [0.1, 0.15) is 5.75 Å². The van der Waals surface area contributed by atoms with Crippen LogP contribution >= 0.6 is 0 Å². The second-order valence-electron chi connectivity index (χ2n) is 6.71. The molecule has 4 heteroatoms. The highest BCUT2D eigenvalue weighted by atomic mass is 16.5. The quantitative estimate of drug-likeness (QED) is 0.832. The van der Waals surface area contributed by atoms with E-state index in [0.29, 0.717) is 6.54 Å². The summed E-state index contributed by atoms with van der Waals surface area (Å²) >= 11 is 0. The van der Waals surface area contributed by atoms with Crippen LogP contribution in [0.1, 0.15) is 50.2 Å². The fraction of sp³-hybridized carbons (Fsp3) is 0.632. The first kappa shape index (κ1) is 17.6. The van der Waals surface area contributed by atoms with Gasteiger partial charge in [-0.3, -0.25) is 0 Å². The van der Waals surface area contributed by atoms with Crippen LogP contribution in [0.4, 0.5) is 4.79 Å². The molecule has 0 radical (unpaired) electrons. The standard InChI is InChI=1S/C19H30N2O2/c1-14-6-4-5-7-16(14)10-11-20-19(22)21-13-17-8-9-18(23-3)12-15(17)2/h8-9,12,14,16H,4-7,10-11,13H2,1-3H3,(H2,20,21,22). The van der Waals surface area contributed by atoms with Crippen molar-refractivity contribution < 1.29 is 9.53 Å². The molecule has 2 N–H and O–H groups in total. The summed E-state index contributed by atoms with van der Waals surface area (Å²) < 4.78 is 5.20. The summed E-state index contributed by atoms with van der Waals surface area (Å²) in [5, 5.41) is 5.92. The maximum atomic E-state index is 11.9. The zero-order valence-corrected chi connectivity index (χ0v) is 14.7. The van der Waals surface area contributed by atoms with E-state index >= 15 is 0 Å². The fourth-order valence-electron chi connectivity index (χ4n) is 3.42. The molecule has 0 spiro atoms. The van der Waals surface area contributed by atoms with Gasteiger partial charge in [-0.15, -0.1) is 0 Å².